The molecule has 3 atom stereocenters. The van der Waals surface area contributed by atoms with Gasteiger partial charge in [0.25, 0.3) is 5.19 Å². The Kier molecular flexibility index (Phi) is 5.50. The summed E-state index contributed by atoms with van der Waals surface area (Å²) in [6, 6.07) is 13.6. The summed E-state index contributed by atoms with van der Waals surface area (Å²) >= 11 is 1.33. The average Bonchev–Trinajstić information content (AvgIpc) is 3.28. The maximum atomic E-state index is 13.8. The fourth-order valence-electron chi connectivity index (χ4n) is 4.89. The van der Waals surface area contributed by atoms with Gasteiger partial charge in [-0.25, -0.2) is 9.18 Å². The molecule has 2 fully saturated rings. The number of fused-ring (bicyclic) bond motifs is 3. The second-order valence-corrected chi connectivity index (χ2v) is 9.31. The summed E-state index contributed by atoms with van der Waals surface area (Å²) in [4.78, 5) is 17.8. The summed E-state index contributed by atoms with van der Waals surface area (Å²) in [5.41, 5.74) is 7.10. The number of rotatable bonds is 6. The molecule has 2 aliphatic rings. The van der Waals surface area contributed by atoms with Crippen LogP contribution in [0.4, 0.5) is 9.18 Å². The zero-order valence-corrected chi connectivity index (χ0v) is 17.9. The van der Waals surface area contributed by atoms with Crippen LogP contribution in [0.3, 0.4) is 0 Å². The minimum absolute atomic E-state index is 0.274. The van der Waals surface area contributed by atoms with Gasteiger partial charge in [0.05, 0.1) is 4.70 Å². The Bertz CT molecular complexity index is 1070. The molecule has 0 aliphatic carbocycles. The van der Waals surface area contributed by atoms with E-state index in [4.69, 9.17) is 10.5 Å². The van der Waals surface area contributed by atoms with Crippen LogP contribution in [0.25, 0.3) is 10.2 Å². The molecule has 162 valence electrons. The number of thiazole rings is 1. The van der Waals surface area contributed by atoms with Crippen molar-refractivity contribution in [3.8, 4) is 10.9 Å². The molecule has 3 heterocycles. The molecule has 31 heavy (non-hydrogen) atoms. The number of hydrogen-bond donors (Lipinski definition) is 2. The molecule has 0 radical (unpaired) electrons. The average molecular weight is 441 g/mol. The van der Waals surface area contributed by atoms with E-state index in [0.717, 1.165) is 43.3 Å². The molecular weight excluding hydrogens is 415 g/mol. The molecule has 5 rings (SSSR count). The van der Waals surface area contributed by atoms with Gasteiger partial charge in [-0.15, -0.1) is 0 Å². The van der Waals surface area contributed by atoms with E-state index >= 15 is 0 Å². The summed E-state index contributed by atoms with van der Waals surface area (Å²) in [5, 5.41) is 4.09. The van der Waals surface area contributed by atoms with Crippen LogP contribution in [0, 0.1) is 5.82 Å². The van der Waals surface area contributed by atoms with Crippen LogP contribution in [-0.2, 0) is 6.42 Å². The monoisotopic (exact) mass is 440 g/mol. The Morgan fingerprint density at radius 2 is 1.94 bits per heavy atom. The summed E-state index contributed by atoms with van der Waals surface area (Å²) in [7, 11) is 0. The van der Waals surface area contributed by atoms with Crippen LogP contribution in [0.15, 0.2) is 42.5 Å². The lowest BCUT2D eigenvalue weighted by Crippen LogP contribution is -2.53. The third-order valence-electron chi connectivity index (χ3n) is 6.31. The Morgan fingerprint density at radius 3 is 2.61 bits per heavy atom. The normalized spacial score (nSPS) is 22.7. The Labute approximate surface area is 184 Å². The lowest BCUT2D eigenvalue weighted by Gasteiger charge is -2.38. The van der Waals surface area contributed by atoms with Gasteiger partial charge in [-0.05, 0) is 68.5 Å². The van der Waals surface area contributed by atoms with Gasteiger partial charge in [0.2, 0.25) is 0 Å². The number of carbonyl (C=O) groups is 1. The van der Waals surface area contributed by atoms with Gasteiger partial charge >= 0.3 is 6.03 Å². The third kappa shape index (κ3) is 4.22. The Balaban J connectivity index is 1.12. The maximum Gasteiger partial charge on any atom is 0.315 e. The van der Waals surface area contributed by atoms with Crippen LogP contribution in [0.5, 0.6) is 10.9 Å². The SMILES string of the molecule is NC(=O)N1[C@@H]2CC[C@H]1CC(NCCc1ccc(Oc3nc4c(F)cccc4s3)cc1)C2. The fourth-order valence-corrected chi connectivity index (χ4v) is 5.74. The van der Waals surface area contributed by atoms with Crippen molar-refractivity contribution in [3.63, 3.8) is 0 Å². The number of urea groups is 1. The summed E-state index contributed by atoms with van der Waals surface area (Å²) in [5.74, 6) is 0.353. The van der Waals surface area contributed by atoms with Gasteiger partial charge in [0.15, 0.2) is 0 Å². The number of para-hydroxylation sites is 1. The first kappa shape index (κ1) is 20.2. The molecule has 2 bridgehead atoms. The van der Waals surface area contributed by atoms with Gasteiger partial charge in [-0.2, -0.15) is 4.98 Å². The summed E-state index contributed by atoms with van der Waals surface area (Å²) in [6.07, 6.45) is 5.01. The highest BCUT2D eigenvalue weighted by Gasteiger charge is 2.42. The molecule has 8 heteroatoms. The van der Waals surface area contributed by atoms with Crippen LogP contribution < -0.4 is 15.8 Å². The molecule has 0 spiro atoms. The van der Waals surface area contributed by atoms with E-state index in [9.17, 15) is 9.18 Å². The van der Waals surface area contributed by atoms with E-state index in [0.29, 0.717) is 34.6 Å². The highest BCUT2D eigenvalue weighted by atomic mass is 32.1. The first-order valence-electron chi connectivity index (χ1n) is 10.7. The van der Waals surface area contributed by atoms with E-state index < -0.39 is 0 Å². The van der Waals surface area contributed by atoms with Crippen LogP contribution in [-0.4, -0.2) is 40.6 Å². The largest absolute Gasteiger partial charge is 0.431 e. The molecule has 3 aromatic rings. The van der Waals surface area contributed by atoms with E-state index in [1.54, 1.807) is 6.07 Å². The second-order valence-electron chi connectivity index (χ2n) is 8.32. The molecule has 1 unspecified atom stereocenters. The van der Waals surface area contributed by atoms with Crippen molar-refractivity contribution in [2.75, 3.05) is 6.54 Å². The predicted octanol–water partition coefficient (Wildman–Crippen LogP) is 4.43. The number of nitrogens with one attached hydrogen (secondary N) is 1. The zero-order chi connectivity index (χ0) is 21.4. The number of piperidine rings is 1. The third-order valence-corrected chi connectivity index (χ3v) is 7.21. The van der Waals surface area contributed by atoms with Crippen molar-refractivity contribution in [1.29, 1.82) is 0 Å². The number of carbonyl (C=O) groups excluding carboxylic acids is 1. The van der Waals surface area contributed by atoms with E-state index in [1.807, 2.05) is 35.2 Å². The van der Waals surface area contributed by atoms with Crippen molar-refractivity contribution in [3.05, 3.63) is 53.8 Å². The zero-order valence-electron chi connectivity index (χ0n) is 17.1. The van der Waals surface area contributed by atoms with Gasteiger partial charge in [0, 0.05) is 18.1 Å². The number of ether oxygens (including phenoxy) is 1. The van der Waals surface area contributed by atoms with Gasteiger partial charge < -0.3 is 20.7 Å². The Morgan fingerprint density at radius 1 is 1.19 bits per heavy atom. The molecular formula is C23H25FN4O2S. The van der Waals surface area contributed by atoms with Crippen LogP contribution in [0.2, 0.25) is 0 Å². The van der Waals surface area contributed by atoms with Crippen LogP contribution >= 0.6 is 11.3 Å². The van der Waals surface area contributed by atoms with Crippen molar-refractivity contribution < 1.29 is 13.9 Å². The topological polar surface area (TPSA) is 80.5 Å². The first-order valence-corrected chi connectivity index (χ1v) is 11.5. The smallest absolute Gasteiger partial charge is 0.315 e. The number of benzene rings is 2. The number of halogens is 1. The lowest BCUT2D eigenvalue weighted by molar-refractivity contribution is 0.138. The van der Waals surface area contributed by atoms with Crippen molar-refractivity contribution >= 4 is 27.6 Å². The highest BCUT2D eigenvalue weighted by Crippen LogP contribution is 2.35. The molecule has 3 N–H and O–H groups in total. The number of primary amides is 1. The van der Waals surface area contributed by atoms with Gasteiger partial charge in [0.1, 0.15) is 17.1 Å². The number of aromatic nitrogens is 1. The molecule has 6 nitrogen and oxygen atoms in total. The van der Waals surface area contributed by atoms with Crippen LogP contribution in [0.1, 0.15) is 31.2 Å². The predicted molar refractivity (Wildman–Crippen MR) is 119 cm³/mol. The number of hydrogen-bond acceptors (Lipinski definition) is 5. The van der Waals surface area contributed by atoms with E-state index in [-0.39, 0.29) is 11.8 Å². The Hall–Kier alpha value is -2.71. The highest BCUT2D eigenvalue weighted by molar-refractivity contribution is 7.20. The standard InChI is InChI=1S/C23H25FN4O2S/c24-19-2-1-3-20-21(19)27-23(31-20)30-18-8-4-14(5-9-18)10-11-26-15-12-16-6-7-17(13-15)28(16)22(25)29/h1-5,8-9,15-17,26H,6-7,10-13H2,(H2,25,29)/t15?,16-,17+. The number of amides is 2. The number of nitrogens with zero attached hydrogens (tertiary/aromatic N) is 2. The summed E-state index contributed by atoms with van der Waals surface area (Å²) < 4.78 is 20.4. The molecule has 2 aromatic carbocycles. The maximum absolute atomic E-state index is 13.8. The van der Waals surface area contributed by atoms with Crippen molar-refractivity contribution in [2.45, 2.75) is 50.2 Å². The molecule has 2 aliphatic heterocycles. The summed E-state index contributed by atoms with van der Waals surface area (Å²) in [6.45, 7) is 0.887. The molecule has 2 saturated heterocycles. The molecule has 0 saturated carbocycles. The lowest BCUT2D eigenvalue weighted by atomic mass is 9.97. The minimum Gasteiger partial charge on any atom is -0.431 e. The second kappa shape index (κ2) is 8.43. The van der Waals surface area contributed by atoms with E-state index in [1.165, 1.54) is 23.0 Å². The number of nitrogens with two attached hydrogens (primary N) is 1. The minimum atomic E-state index is -0.334. The van der Waals surface area contributed by atoms with Crippen molar-refractivity contribution in [2.24, 2.45) is 5.73 Å². The van der Waals surface area contributed by atoms with Gasteiger partial charge in [-0.1, -0.05) is 29.5 Å². The van der Waals surface area contributed by atoms with Crippen molar-refractivity contribution in [1.82, 2.24) is 15.2 Å². The fraction of sp³-hybridized carbons (Fsp3) is 0.391. The molecule has 2 amide bonds. The van der Waals surface area contributed by atoms with E-state index in [2.05, 4.69) is 10.3 Å². The quantitative estimate of drug-likeness (QED) is 0.594. The first-order chi connectivity index (χ1) is 15.1. The van der Waals surface area contributed by atoms with Gasteiger partial charge in [-0.3, -0.25) is 0 Å². The molecule has 1 aromatic heterocycles.